The molecule has 0 bridgehead atoms. The molecule has 1 radical (unpaired) electrons. The van der Waals surface area contributed by atoms with Crippen molar-refractivity contribution >= 4 is 17.2 Å². The topological polar surface area (TPSA) is 38.5 Å². The number of nitrogens with zero attached hydrogens (tertiary/aromatic N) is 1. The van der Waals surface area contributed by atoms with Crippen molar-refractivity contribution in [1.29, 1.82) is 0 Å². The third kappa shape index (κ3) is 5.93. The van der Waals surface area contributed by atoms with E-state index in [-0.39, 0.29) is 0 Å². The molecule has 1 heterocycles. The monoisotopic (exact) mass is 435 g/mol. The van der Waals surface area contributed by atoms with Crippen LogP contribution in [-0.2, 0) is 6.54 Å². The first-order valence-electron chi connectivity index (χ1n) is 11.4. The van der Waals surface area contributed by atoms with Crippen molar-refractivity contribution in [2.45, 2.75) is 57.6 Å². The van der Waals surface area contributed by atoms with Crippen molar-refractivity contribution in [1.82, 2.24) is 4.90 Å². The minimum Gasteiger partial charge on any atom is -0.490 e. The van der Waals surface area contributed by atoms with Crippen LogP contribution in [0.25, 0.3) is 5.57 Å². The van der Waals surface area contributed by atoms with E-state index in [1.807, 2.05) is 12.1 Å². The summed E-state index contributed by atoms with van der Waals surface area (Å²) in [7, 11) is 0. The molecule has 1 atom stereocenters. The molecular weight excluding hydrogens is 404 g/mol. The lowest BCUT2D eigenvalue weighted by Gasteiger charge is -2.24. The molecule has 4 heteroatoms. The highest BCUT2D eigenvalue weighted by molar-refractivity contribution is 6.31. The molecule has 0 spiro atoms. The van der Waals surface area contributed by atoms with Crippen LogP contribution >= 0.6 is 11.6 Å². The van der Waals surface area contributed by atoms with Crippen LogP contribution in [0.3, 0.4) is 0 Å². The summed E-state index contributed by atoms with van der Waals surface area (Å²) in [5.74, 6) is 1.48. The SMILES string of the molecule is CC(CCCCN)c1ccc(Cl)c(CN2C=[C]C(c3ccccc3OC3CC3)=CC2)c1. The molecule has 0 saturated heterocycles. The number of halogens is 1. The van der Waals surface area contributed by atoms with Gasteiger partial charge in [-0.2, -0.15) is 0 Å². The quantitative estimate of drug-likeness (QED) is 0.443. The first-order valence-corrected chi connectivity index (χ1v) is 11.8. The van der Waals surface area contributed by atoms with Crippen LogP contribution in [0.4, 0.5) is 0 Å². The third-order valence-electron chi connectivity index (χ3n) is 6.03. The van der Waals surface area contributed by atoms with Crippen LogP contribution in [0.5, 0.6) is 5.75 Å². The van der Waals surface area contributed by atoms with Crippen molar-refractivity contribution in [2.75, 3.05) is 13.1 Å². The maximum Gasteiger partial charge on any atom is 0.127 e. The highest BCUT2D eigenvalue weighted by Crippen LogP contribution is 2.34. The number of para-hydroxylation sites is 1. The minimum atomic E-state index is 0.387. The highest BCUT2D eigenvalue weighted by Gasteiger charge is 2.25. The number of hydrogen-bond acceptors (Lipinski definition) is 3. The van der Waals surface area contributed by atoms with E-state index in [1.165, 1.54) is 12.0 Å². The van der Waals surface area contributed by atoms with E-state index >= 15 is 0 Å². The van der Waals surface area contributed by atoms with Crippen molar-refractivity contribution in [3.8, 4) is 5.75 Å². The van der Waals surface area contributed by atoms with Crippen molar-refractivity contribution in [2.24, 2.45) is 5.73 Å². The average Bonchev–Trinajstić information content (AvgIpc) is 3.60. The first-order chi connectivity index (χ1) is 15.1. The Bertz CT molecular complexity index is 948. The van der Waals surface area contributed by atoms with Crippen LogP contribution in [0.2, 0.25) is 5.02 Å². The minimum absolute atomic E-state index is 0.387. The van der Waals surface area contributed by atoms with E-state index < -0.39 is 0 Å². The number of allylic oxidation sites excluding steroid dienone is 2. The Balaban J connectivity index is 1.40. The zero-order chi connectivity index (χ0) is 21.6. The van der Waals surface area contributed by atoms with Crippen LogP contribution in [0.1, 0.15) is 61.6 Å². The number of benzene rings is 2. The molecular formula is C27H32ClN2O. The van der Waals surface area contributed by atoms with Gasteiger partial charge in [0, 0.05) is 36.0 Å². The first kappa shape index (κ1) is 22.0. The molecule has 3 nitrogen and oxygen atoms in total. The molecule has 2 N–H and O–H groups in total. The fourth-order valence-corrected chi connectivity index (χ4v) is 4.12. The molecule has 1 aliphatic carbocycles. The van der Waals surface area contributed by atoms with Gasteiger partial charge in [-0.3, -0.25) is 0 Å². The average molecular weight is 436 g/mol. The summed E-state index contributed by atoms with van der Waals surface area (Å²) in [4.78, 5) is 2.25. The van der Waals surface area contributed by atoms with Crippen LogP contribution in [0.15, 0.2) is 54.7 Å². The van der Waals surface area contributed by atoms with E-state index in [0.29, 0.717) is 12.0 Å². The normalized spacial score (nSPS) is 16.9. The Morgan fingerprint density at radius 2 is 2.03 bits per heavy atom. The van der Waals surface area contributed by atoms with E-state index in [9.17, 15) is 0 Å². The van der Waals surface area contributed by atoms with E-state index in [2.05, 4.69) is 60.5 Å². The summed E-state index contributed by atoms with van der Waals surface area (Å²) in [6.45, 7) is 4.66. The lowest BCUT2D eigenvalue weighted by atomic mass is 9.94. The Morgan fingerprint density at radius 3 is 2.77 bits per heavy atom. The van der Waals surface area contributed by atoms with E-state index in [1.54, 1.807) is 0 Å². The molecule has 31 heavy (non-hydrogen) atoms. The molecule has 1 fully saturated rings. The molecule has 2 aromatic carbocycles. The van der Waals surface area contributed by atoms with Crippen LogP contribution < -0.4 is 10.5 Å². The Labute approximate surface area is 191 Å². The third-order valence-corrected chi connectivity index (χ3v) is 6.40. The fraction of sp³-hybridized carbons (Fsp3) is 0.407. The zero-order valence-corrected chi connectivity index (χ0v) is 19.1. The van der Waals surface area contributed by atoms with Crippen molar-refractivity contribution < 1.29 is 4.74 Å². The molecule has 2 aromatic rings. The van der Waals surface area contributed by atoms with Crippen molar-refractivity contribution in [3.63, 3.8) is 0 Å². The molecule has 0 aromatic heterocycles. The van der Waals surface area contributed by atoms with Crippen molar-refractivity contribution in [3.05, 3.63) is 82.5 Å². The molecule has 1 unspecified atom stereocenters. The second kappa shape index (κ2) is 10.4. The van der Waals surface area contributed by atoms with E-state index in [4.69, 9.17) is 22.1 Å². The summed E-state index contributed by atoms with van der Waals surface area (Å²) < 4.78 is 6.09. The van der Waals surface area contributed by atoms with Crippen LogP contribution in [0, 0.1) is 6.08 Å². The summed E-state index contributed by atoms with van der Waals surface area (Å²) in [5.41, 5.74) is 10.4. The molecule has 1 aliphatic heterocycles. The lowest BCUT2D eigenvalue weighted by Crippen LogP contribution is -2.20. The predicted octanol–water partition coefficient (Wildman–Crippen LogP) is 6.33. The van der Waals surface area contributed by atoms with Gasteiger partial charge in [0.1, 0.15) is 5.75 Å². The highest BCUT2D eigenvalue weighted by atomic mass is 35.5. The zero-order valence-electron chi connectivity index (χ0n) is 18.3. The van der Waals surface area contributed by atoms with E-state index in [0.717, 1.165) is 72.8 Å². The molecule has 4 rings (SSSR count). The van der Waals surface area contributed by atoms with Gasteiger partial charge in [-0.05, 0) is 67.0 Å². The predicted molar refractivity (Wildman–Crippen MR) is 129 cm³/mol. The lowest BCUT2D eigenvalue weighted by molar-refractivity contribution is 0.302. The number of hydrogen-bond donors (Lipinski definition) is 1. The molecule has 1 saturated carbocycles. The van der Waals surface area contributed by atoms with Crippen LogP contribution in [-0.4, -0.2) is 24.1 Å². The molecule has 163 valence electrons. The van der Waals surface area contributed by atoms with Gasteiger partial charge < -0.3 is 15.4 Å². The smallest absolute Gasteiger partial charge is 0.127 e. The number of unbranched alkanes of at least 4 members (excludes halogenated alkanes) is 1. The second-order valence-electron chi connectivity index (χ2n) is 8.67. The Hall–Kier alpha value is -2.23. The van der Waals surface area contributed by atoms with Gasteiger partial charge in [-0.25, -0.2) is 0 Å². The Kier molecular flexibility index (Phi) is 7.37. The van der Waals surface area contributed by atoms with Gasteiger partial charge >= 0.3 is 0 Å². The Morgan fingerprint density at radius 1 is 1.19 bits per heavy atom. The largest absolute Gasteiger partial charge is 0.490 e. The van der Waals surface area contributed by atoms with Gasteiger partial charge in [0.25, 0.3) is 0 Å². The number of nitrogens with two attached hydrogens (primary N) is 1. The fourth-order valence-electron chi connectivity index (χ4n) is 3.94. The van der Waals surface area contributed by atoms with Gasteiger partial charge in [-0.15, -0.1) is 0 Å². The van der Waals surface area contributed by atoms with Gasteiger partial charge in [0.15, 0.2) is 0 Å². The number of ether oxygens (including phenoxy) is 1. The van der Waals surface area contributed by atoms with Gasteiger partial charge in [-0.1, -0.05) is 61.4 Å². The summed E-state index contributed by atoms with van der Waals surface area (Å²) in [5, 5.41) is 0.823. The molecule has 0 amide bonds. The summed E-state index contributed by atoms with van der Waals surface area (Å²) >= 11 is 6.54. The van der Waals surface area contributed by atoms with Gasteiger partial charge in [0.05, 0.1) is 6.10 Å². The van der Waals surface area contributed by atoms with Gasteiger partial charge in [0.2, 0.25) is 0 Å². The standard InChI is InChI=1S/C27H32ClN2O/c1-20(6-4-5-15-29)22-9-12-26(28)23(18-22)19-30-16-13-21(14-17-30)25-7-2-3-8-27(25)31-24-10-11-24/h2-3,7-9,12-13,17-18,20,24H,4-6,10-11,15-16,19,29H2,1H3. The maximum atomic E-state index is 6.54. The maximum absolute atomic E-state index is 6.54. The summed E-state index contributed by atoms with van der Waals surface area (Å²) in [6.07, 6.45) is 13.8. The second-order valence-corrected chi connectivity index (χ2v) is 9.08. The summed E-state index contributed by atoms with van der Waals surface area (Å²) in [6, 6.07) is 14.7. The number of rotatable bonds is 10. The molecule has 2 aliphatic rings.